The third-order valence-electron chi connectivity index (χ3n) is 6.08. The number of nitrogens with one attached hydrogen (secondary N) is 2. The second-order valence-electron chi connectivity index (χ2n) is 8.49. The standard InChI is InChI=1S/C26H21N7O/c1-15-21(17-3-2-4-18(9-17)24-22-13-31-33-25(22)30-14-29-24)11-20(12-28-15)32-26(34)19-7-8-27-23(10-19)16-5-6-16/h2-4,7-14,16H,5-6H2,1H3,(H,32,34)(H,29,30,31,33). The molecular formula is C26H21N7O. The Morgan fingerprint density at radius 1 is 1.00 bits per heavy atom. The Hall–Kier alpha value is -4.46. The van der Waals surface area contributed by atoms with Gasteiger partial charge in [-0.2, -0.15) is 5.10 Å². The molecule has 1 aromatic carbocycles. The van der Waals surface area contributed by atoms with Crippen LogP contribution in [0.15, 0.2) is 67.4 Å². The van der Waals surface area contributed by atoms with Crippen LogP contribution in [-0.2, 0) is 0 Å². The first-order valence-electron chi connectivity index (χ1n) is 11.1. The van der Waals surface area contributed by atoms with Gasteiger partial charge in [0.25, 0.3) is 5.91 Å². The zero-order chi connectivity index (χ0) is 23.1. The number of benzene rings is 1. The van der Waals surface area contributed by atoms with Crippen LogP contribution in [0.3, 0.4) is 0 Å². The Bertz CT molecular complexity index is 1540. The van der Waals surface area contributed by atoms with Crippen molar-refractivity contribution in [3.8, 4) is 22.4 Å². The third-order valence-corrected chi connectivity index (χ3v) is 6.08. The summed E-state index contributed by atoms with van der Waals surface area (Å²) in [5.41, 5.74) is 7.46. The summed E-state index contributed by atoms with van der Waals surface area (Å²) in [4.78, 5) is 30.5. The Labute approximate surface area is 195 Å². The van der Waals surface area contributed by atoms with Crippen LogP contribution in [0.5, 0.6) is 0 Å². The van der Waals surface area contributed by atoms with Crippen molar-refractivity contribution >= 4 is 22.6 Å². The highest BCUT2D eigenvalue weighted by atomic mass is 16.1. The molecule has 8 heteroatoms. The first-order chi connectivity index (χ1) is 16.7. The molecule has 0 atom stereocenters. The minimum absolute atomic E-state index is 0.169. The van der Waals surface area contributed by atoms with E-state index in [-0.39, 0.29) is 5.91 Å². The molecule has 0 radical (unpaired) electrons. The molecule has 1 amide bonds. The van der Waals surface area contributed by atoms with Gasteiger partial charge in [-0.1, -0.05) is 18.2 Å². The highest BCUT2D eigenvalue weighted by Gasteiger charge is 2.25. The van der Waals surface area contributed by atoms with Gasteiger partial charge in [0.05, 0.1) is 29.2 Å². The normalized spacial score (nSPS) is 13.2. The molecule has 0 spiro atoms. The molecule has 5 aromatic rings. The molecule has 1 aliphatic carbocycles. The lowest BCUT2D eigenvalue weighted by Crippen LogP contribution is -2.13. The predicted octanol–water partition coefficient (Wildman–Crippen LogP) is 4.92. The Balaban J connectivity index is 1.31. The second-order valence-corrected chi connectivity index (χ2v) is 8.49. The van der Waals surface area contributed by atoms with Gasteiger partial charge in [-0.05, 0) is 49.6 Å². The zero-order valence-corrected chi connectivity index (χ0v) is 18.5. The Kier molecular flexibility index (Phi) is 4.83. The fourth-order valence-corrected chi connectivity index (χ4v) is 4.12. The van der Waals surface area contributed by atoms with Crippen molar-refractivity contribution in [2.45, 2.75) is 25.7 Å². The van der Waals surface area contributed by atoms with Gasteiger partial charge in [0.1, 0.15) is 6.33 Å². The quantitative estimate of drug-likeness (QED) is 0.396. The highest BCUT2D eigenvalue weighted by Crippen LogP contribution is 2.39. The van der Waals surface area contributed by atoms with Gasteiger partial charge in [0.2, 0.25) is 0 Å². The van der Waals surface area contributed by atoms with Crippen LogP contribution in [0.25, 0.3) is 33.4 Å². The zero-order valence-electron chi connectivity index (χ0n) is 18.5. The lowest BCUT2D eigenvalue weighted by atomic mass is 9.99. The van der Waals surface area contributed by atoms with E-state index in [1.807, 2.05) is 37.3 Å². The molecule has 0 bridgehead atoms. The molecule has 0 aliphatic heterocycles. The van der Waals surface area contributed by atoms with Gasteiger partial charge in [0, 0.05) is 40.2 Å². The van der Waals surface area contributed by atoms with Crippen molar-refractivity contribution in [1.29, 1.82) is 0 Å². The summed E-state index contributed by atoms with van der Waals surface area (Å²) in [5.74, 6) is 0.323. The highest BCUT2D eigenvalue weighted by molar-refractivity contribution is 6.04. The molecule has 1 aliphatic rings. The van der Waals surface area contributed by atoms with Crippen molar-refractivity contribution in [1.82, 2.24) is 30.1 Å². The van der Waals surface area contributed by atoms with Crippen molar-refractivity contribution in [3.63, 3.8) is 0 Å². The van der Waals surface area contributed by atoms with Gasteiger partial charge in [-0.25, -0.2) is 9.97 Å². The van der Waals surface area contributed by atoms with Crippen molar-refractivity contribution in [2.75, 3.05) is 5.32 Å². The first-order valence-corrected chi connectivity index (χ1v) is 11.1. The molecule has 0 saturated heterocycles. The van der Waals surface area contributed by atoms with Crippen LogP contribution < -0.4 is 5.32 Å². The van der Waals surface area contributed by atoms with Crippen molar-refractivity contribution in [3.05, 3.63) is 84.3 Å². The molecule has 1 fully saturated rings. The summed E-state index contributed by atoms with van der Waals surface area (Å²) in [5, 5.41) is 10.8. The van der Waals surface area contributed by atoms with E-state index in [0.717, 1.165) is 52.0 Å². The molecular weight excluding hydrogens is 426 g/mol. The number of aromatic amines is 1. The van der Waals surface area contributed by atoms with E-state index in [4.69, 9.17) is 0 Å². The third kappa shape index (κ3) is 3.79. The lowest BCUT2D eigenvalue weighted by Gasteiger charge is -2.11. The van der Waals surface area contributed by atoms with Crippen LogP contribution in [0.4, 0.5) is 5.69 Å². The van der Waals surface area contributed by atoms with Crippen molar-refractivity contribution < 1.29 is 4.79 Å². The number of rotatable bonds is 5. The number of carbonyl (C=O) groups excluding carboxylic acids is 1. The molecule has 166 valence electrons. The molecule has 8 nitrogen and oxygen atoms in total. The molecule has 2 N–H and O–H groups in total. The number of pyridine rings is 2. The smallest absolute Gasteiger partial charge is 0.255 e. The van der Waals surface area contributed by atoms with Gasteiger partial charge in [-0.3, -0.25) is 19.9 Å². The van der Waals surface area contributed by atoms with E-state index in [1.165, 1.54) is 6.33 Å². The number of amides is 1. The first kappa shape index (κ1) is 20.2. The average Bonchev–Trinajstić information content (AvgIpc) is 3.61. The predicted molar refractivity (Wildman–Crippen MR) is 129 cm³/mol. The average molecular weight is 448 g/mol. The Morgan fingerprint density at radius 3 is 2.76 bits per heavy atom. The van der Waals surface area contributed by atoms with Gasteiger partial charge < -0.3 is 5.32 Å². The summed E-state index contributed by atoms with van der Waals surface area (Å²) in [6.07, 6.45) is 8.93. The summed E-state index contributed by atoms with van der Waals surface area (Å²) >= 11 is 0. The number of hydrogen-bond donors (Lipinski definition) is 2. The maximum absolute atomic E-state index is 12.9. The number of carbonyl (C=O) groups is 1. The van der Waals surface area contributed by atoms with Gasteiger partial charge in [0.15, 0.2) is 5.65 Å². The SMILES string of the molecule is Cc1ncc(NC(=O)c2ccnc(C3CC3)c2)cc1-c1cccc(-c2ncnc3[nH]ncc23)c1. The van der Waals surface area contributed by atoms with E-state index in [9.17, 15) is 4.79 Å². The van der Waals surface area contributed by atoms with E-state index in [1.54, 1.807) is 24.7 Å². The van der Waals surface area contributed by atoms with Crippen LogP contribution >= 0.6 is 0 Å². The molecule has 4 heterocycles. The van der Waals surface area contributed by atoms with Gasteiger partial charge in [-0.15, -0.1) is 0 Å². The van der Waals surface area contributed by atoms with Crippen LogP contribution in [0.2, 0.25) is 0 Å². The maximum atomic E-state index is 12.9. The molecule has 34 heavy (non-hydrogen) atoms. The lowest BCUT2D eigenvalue weighted by molar-refractivity contribution is 0.102. The summed E-state index contributed by atoms with van der Waals surface area (Å²) in [6.45, 7) is 1.96. The number of aromatic nitrogens is 6. The molecule has 6 rings (SSSR count). The van der Waals surface area contributed by atoms with Crippen LogP contribution in [0, 0.1) is 6.92 Å². The molecule has 0 unspecified atom stereocenters. The minimum atomic E-state index is -0.169. The minimum Gasteiger partial charge on any atom is -0.321 e. The number of hydrogen-bond acceptors (Lipinski definition) is 6. The molecule has 1 saturated carbocycles. The monoisotopic (exact) mass is 447 g/mol. The summed E-state index contributed by atoms with van der Waals surface area (Å²) in [6, 6.07) is 13.7. The van der Waals surface area contributed by atoms with E-state index < -0.39 is 0 Å². The Morgan fingerprint density at radius 2 is 1.88 bits per heavy atom. The number of aryl methyl sites for hydroxylation is 1. The van der Waals surface area contributed by atoms with E-state index in [0.29, 0.717) is 22.8 Å². The number of fused-ring (bicyclic) bond motifs is 1. The summed E-state index contributed by atoms with van der Waals surface area (Å²) < 4.78 is 0. The van der Waals surface area contributed by atoms with Gasteiger partial charge >= 0.3 is 0 Å². The van der Waals surface area contributed by atoms with E-state index >= 15 is 0 Å². The van der Waals surface area contributed by atoms with Crippen LogP contribution in [0.1, 0.15) is 40.5 Å². The topological polar surface area (TPSA) is 109 Å². The van der Waals surface area contributed by atoms with E-state index in [2.05, 4.69) is 41.5 Å². The fourth-order valence-electron chi connectivity index (χ4n) is 4.12. The number of anilines is 1. The number of H-pyrrole nitrogens is 1. The second kappa shape index (κ2) is 8.15. The molecule has 4 aromatic heterocycles. The number of nitrogens with zero attached hydrogens (tertiary/aromatic N) is 5. The fraction of sp³-hybridized carbons (Fsp3) is 0.154. The largest absolute Gasteiger partial charge is 0.321 e. The summed E-state index contributed by atoms with van der Waals surface area (Å²) in [7, 11) is 0. The van der Waals surface area contributed by atoms with Crippen molar-refractivity contribution in [2.24, 2.45) is 0 Å². The van der Waals surface area contributed by atoms with Crippen LogP contribution in [-0.4, -0.2) is 36.0 Å². The maximum Gasteiger partial charge on any atom is 0.255 e.